The second-order valence-electron chi connectivity index (χ2n) is 7.96. The zero-order chi connectivity index (χ0) is 19.7. The van der Waals surface area contributed by atoms with Gasteiger partial charge in [0.15, 0.2) is 0 Å². The molecule has 2 fully saturated rings. The van der Waals surface area contributed by atoms with Gasteiger partial charge in [0, 0.05) is 43.0 Å². The van der Waals surface area contributed by atoms with Crippen molar-refractivity contribution in [1.29, 1.82) is 0 Å². The fourth-order valence-corrected chi connectivity index (χ4v) is 4.17. The number of piperidine rings is 1. The topological polar surface area (TPSA) is 63.0 Å². The summed E-state index contributed by atoms with van der Waals surface area (Å²) in [5.41, 5.74) is 4.16. The Morgan fingerprint density at radius 2 is 1.68 bits per heavy atom. The van der Waals surface area contributed by atoms with Crippen LogP contribution in [0, 0.1) is 19.8 Å². The second-order valence-corrected chi connectivity index (χ2v) is 7.96. The maximum atomic E-state index is 12.8. The van der Waals surface area contributed by atoms with Gasteiger partial charge in [-0.05, 0) is 49.9 Å². The standard InChI is InChI=1S/C22H28N2O4/c1-15-11-19-18(14-28-20(19)12-16(15)2)13-21(25)23-5-3-17(4-6-23)22(26)24-7-9-27-10-8-24/h11-12,14,17H,3-10,13H2,1-2H3. The first kappa shape index (κ1) is 19.0. The number of likely N-dealkylation sites (tertiary alicyclic amines) is 1. The number of nitrogens with zero attached hydrogens (tertiary/aromatic N) is 2. The number of furan rings is 1. The molecule has 0 aliphatic carbocycles. The van der Waals surface area contributed by atoms with E-state index in [2.05, 4.69) is 19.9 Å². The van der Waals surface area contributed by atoms with Crippen molar-refractivity contribution in [2.45, 2.75) is 33.1 Å². The van der Waals surface area contributed by atoms with Crippen molar-refractivity contribution in [3.8, 4) is 0 Å². The van der Waals surface area contributed by atoms with E-state index in [9.17, 15) is 9.59 Å². The van der Waals surface area contributed by atoms with Gasteiger partial charge in [0.1, 0.15) is 5.58 Å². The van der Waals surface area contributed by atoms with E-state index in [-0.39, 0.29) is 17.7 Å². The molecule has 6 nitrogen and oxygen atoms in total. The van der Waals surface area contributed by atoms with Crippen molar-refractivity contribution in [2.24, 2.45) is 5.92 Å². The number of carbonyl (C=O) groups is 2. The number of benzene rings is 1. The minimum Gasteiger partial charge on any atom is -0.464 e. The highest BCUT2D eigenvalue weighted by Gasteiger charge is 2.31. The maximum absolute atomic E-state index is 12.8. The molecule has 2 aliphatic heterocycles. The second kappa shape index (κ2) is 7.95. The molecule has 0 radical (unpaired) electrons. The molecule has 6 heteroatoms. The van der Waals surface area contributed by atoms with Crippen LogP contribution in [-0.2, 0) is 20.7 Å². The van der Waals surface area contributed by atoms with Crippen molar-refractivity contribution in [2.75, 3.05) is 39.4 Å². The van der Waals surface area contributed by atoms with E-state index in [4.69, 9.17) is 9.15 Å². The molecule has 2 aromatic rings. The van der Waals surface area contributed by atoms with Gasteiger partial charge >= 0.3 is 0 Å². The first-order chi connectivity index (χ1) is 13.5. The van der Waals surface area contributed by atoms with Gasteiger partial charge in [0.25, 0.3) is 0 Å². The summed E-state index contributed by atoms with van der Waals surface area (Å²) in [5.74, 6) is 0.364. The number of fused-ring (bicyclic) bond motifs is 1. The third kappa shape index (κ3) is 3.78. The van der Waals surface area contributed by atoms with Crippen LogP contribution in [0.25, 0.3) is 11.0 Å². The van der Waals surface area contributed by atoms with E-state index in [0.717, 1.165) is 29.4 Å². The molecule has 0 spiro atoms. The summed E-state index contributed by atoms with van der Waals surface area (Å²) in [4.78, 5) is 29.3. The Morgan fingerprint density at radius 1 is 1.00 bits per heavy atom. The lowest BCUT2D eigenvalue weighted by atomic mass is 9.94. The van der Waals surface area contributed by atoms with Crippen LogP contribution in [-0.4, -0.2) is 61.0 Å². The number of rotatable bonds is 3. The van der Waals surface area contributed by atoms with Crippen molar-refractivity contribution < 1.29 is 18.7 Å². The van der Waals surface area contributed by atoms with Crippen LogP contribution in [0.4, 0.5) is 0 Å². The predicted molar refractivity (Wildman–Crippen MR) is 106 cm³/mol. The fourth-order valence-electron chi connectivity index (χ4n) is 4.17. The first-order valence-electron chi connectivity index (χ1n) is 10.1. The summed E-state index contributed by atoms with van der Waals surface area (Å²) in [6.45, 7) is 8.05. The maximum Gasteiger partial charge on any atom is 0.227 e. The van der Waals surface area contributed by atoms with E-state index < -0.39 is 0 Å². The molecule has 0 bridgehead atoms. The third-order valence-corrected chi connectivity index (χ3v) is 6.13. The number of aryl methyl sites for hydroxylation is 2. The molecule has 1 aromatic carbocycles. The molecule has 3 heterocycles. The van der Waals surface area contributed by atoms with Crippen LogP contribution in [0.3, 0.4) is 0 Å². The fraction of sp³-hybridized carbons (Fsp3) is 0.545. The lowest BCUT2D eigenvalue weighted by Crippen LogP contribution is -2.47. The molecule has 1 aromatic heterocycles. The SMILES string of the molecule is Cc1cc2occ(CC(=O)N3CCC(C(=O)N4CCOCC4)CC3)c2cc1C. The Kier molecular flexibility index (Phi) is 5.40. The van der Waals surface area contributed by atoms with Crippen LogP contribution in [0.1, 0.15) is 29.5 Å². The largest absolute Gasteiger partial charge is 0.464 e. The third-order valence-electron chi connectivity index (χ3n) is 6.13. The lowest BCUT2D eigenvalue weighted by molar-refractivity contribution is -0.143. The average molecular weight is 384 g/mol. The van der Waals surface area contributed by atoms with Crippen molar-refractivity contribution in [3.63, 3.8) is 0 Å². The Morgan fingerprint density at radius 3 is 2.39 bits per heavy atom. The summed E-state index contributed by atoms with van der Waals surface area (Å²) >= 11 is 0. The predicted octanol–water partition coefficient (Wildman–Crippen LogP) is 2.69. The van der Waals surface area contributed by atoms with Crippen LogP contribution in [0.2, 0.25) is 0 Å². The van der Waals surface area contributed by atoms with Crippen LogP contribution in [0.15, 0.2) is 22.8 Å². The summed E-state index contributed by atoms with van der Waals surface area (Å²) in [7, 11) is 0. The molecular formula is C22H28N2O4. The molecule has 2 saturated heterocycles. The van der Waals surface area contributed by atoms with E-state index in [1.54, 1.807) is 6.26 Å². The van der Waals surface area contributed by atoms with Gasteiger partial charge in [-0.3, -0.25) is 9.59 Å². The van der Waals surface area contributed by atoms with Gasteiger partial charge in [-0.15, -0.1) is 0 Å². The minimum atomic E-state index is 0.0301. The van der Waals surface area contributed by atoms with E-state index in [1.807, 2.05) is 15.9 Å². The molecule has 2 amide bonds. The Labute approximate surface area is 165 Å². The summed E-state index contributed by atoms with van der Waals surface area (Å²) in [6, 6.07) is 4.13. The van der Waals surface area contributed by atoms with Crippen molar-refractivity contribution in [3.05, 3.63) is 35.1 Å². The lowest BCUT2D eigenvalue weighted by Gasteiger charge is -2.35. The van der Waals surface area contributed by atoms with Crippen LogP contribution < -0.4 is 0 Å². The Bertz CT molecular complexity index is 874. The number of carbonyl (C=O) groups excluding carboxylic acids is 2. The smallest absolute Gasteiger partial charge is 0.227 e. The van der Waals surface area contributed by atoms with Crippen LogP contribution >= 0.6 is 0 Å². The number of hydrogen-bond acceptors (Lipinski definition) is 4. The highest BCUT2D eigenvalue weighted by atomic mass is 16.5. The summed E-state index contributed by atoms with van der Waals surface area (Å²) in [5, 5.41) is 1.02. The van der Waals surface area contributed by atoms with Gasteiger partial charge in [-0.25, -0.2) is 0 Å². The molecule has 150 valence electrons. The molecule has 0 atom stereocenters. The number of morpholine rings is 1. The van der Waals surface area contributed by atoms with E-state index in [0.29, 0.717) is 45.8 Å². The van der Waals surface area contributed by atoms with E-state index in [1.165, 1.54) is 11.1 Å². The molecule has 0 N–H and O–H groups in total. The number of amides is 2. The quantitative estimate of drug-likeness (QED) is 0.816. The zero-order valence-electron chi connectivity index (χ0n) is 16.7. The summed E-state index contributed by atoms with van der Waals surface area (Å²) < 4.78 is 11.0. The Hall–Kier alpha value is -2.34. The highest BCUT2D eigenvalue weighted by molar-refractivity contribution is 5.88. The monoisotopic (exact) mass is 384 g/mol. The zero-order valence-corrected chi connectivity index (χ0v) is 16.7. The molecule has 0 saturated carbocycles. The van der Waals surface area contributed by atoms with Gasteiger partial charge in [-0.2, -0.15) is 0 Å². The molecular weight excluding hydrogens is 356 g/mol. The molecule has 2 aliphatic rings. The van der Waals surface area contributed by atoms with E-state index >= 15 is 0 Å². The van der Waals surface area contributed by atoms with Gasteiger partial charge in [-0.1, -0.05) is 0 Å². The average Bonchev–Trinajstić information content (AvgIpc) is 3.10. The molecule has 4 rings (SSSR count). The minimum absolute atomic E-state index is 0.0301. The first-order valence-corrected chi connectivity index (χ1v) is 10.1. The van der Waals surface area contributed by atoms with Crippen molar-refractivity contribution >= 4 is 22.8 Å². The van der Waals surface area contributed by atoms with Crippen LogP contribution in [0.5, 0.6) is 0 Å². The van der Waals surface area contributed by atoms with Gasteiger partial charge in [0.05, 0.1) is 25.9 Å². The Balaban J connectivity index is 1.35. The van der Waals surface area contributed by atoms with Gasteiger partial charge in [0.2, 0.25) is 11.8 Å². The number of ether oxygens (including phenoxy) is 1. The molecule has 28 heavy (non-hydrogen) atoms. The normalized spacial score (nSPS) is 18.6. The van der Waals surface area contributed by atoms with Gasteiger partial charge < -0.3 is 19.0 Å². The molecule has 0 unspecified atom stereocenters. The summed E-state index contributed by atoms with van der Waals surface area (Å²) in [6.07, 6.45) is 3.53. The van der Waals surface area contributed by atoms with Crippen molar-refractivity contribution in [1.82, 2.24) is 9.80 Å². The number of hydrogen-bond donors (Lipinski definition) is 0. The highest BCUT2D eigenvalue weighted by Crippen LogP contribution is 2.26.